The Balaban J connectivity index is 2.40. The third-order valence-electron chi connectivity index (χ3n) is 2.50. The molecule has 0 saturated heterocycles. The summed E-state index contributed by atoms with van der Waals surface area (Å²) in [6, 6.07) is 5.17. The van der Waals surface area contributed by atoms with E-state index in [1.165, 1.54) is 7.11 Å². The van der Waals surface area contributed by atoms with Crippen molar-refractivity contribution in [2.75, 3.05) is 14.2 Å². The summed E-state index contributed by atoms with van der Waals surface area (Å²) in [6.45, 7) is 0. The van der Waals surface area contributed by atoms with Crippen LogP contribution in [0.15, 0.2) is 24.5 Å². The number of benzene rings is 1. The molecule has 2 N–H and O–H groups in total. The lowest BCUT2D eigenvalue weighted by Crippen LogP contribution is -2.26. The van der Waals surface area contributed by atoms with Gasteiger partial charge in [-0.05, 0) is 24.7 Å². The fourth-order valence-corrected chi connectivity index (χ4v) is 1.67. The van der Waals surface area contributed by atoms with E-state index in [-0.39, 0.29) is 5.97 Å². The van der Waals surface area contributed by atoms with Gasteiger partial charge in [0, 0.05) is 0 Å². The van der Waals surface area contributed by atoms with E-state index < -0.39 is 6.04 Å². The van der Waals surface area contributed by atoms with Gasteiger partial charge in [0.15, 0.2) is 0 Å². The molecule has 0 spiro atoms. The Morgan fingerprint density at radius 1 is 1.56 bits per heavy atom. The monoisotopic (exact) mass is 219 g/mol. The summed E-state index contributed by atoms with van der Waals surface area (Å²) in [7, 11) is 3.10. The molecule has 5 heteroatoms. The van der Waals surface area contributed by atoms with Gasteiger partial charge in [-0.1, -0.05) is 6.07 Å². The van der Waals surface area contributed by atoms with Crippen LogP contribution in [0.2, 0.25) is 0 Å². The lowest BCUT2D eigenvalue weighted by Gasteiger charge is -2.13. The molecule has 0 saturated carbocycles. The summed E-state index contributed by atoms with van der Waals surface area (Å²) in [4.78, 5) is 18.6. The van der Waals surface area contributed by atoms with Gasteiger partial charge in [-0.3, -0.25) is 0 Å². The molecule has 2 aromatic rings. The number of aromatic amines is 1. The summed E-state index contributed by atoms with van der Waals surface area (Å²) >= 11 is 0. The summed E-state index contributed by atoms with van der Waals surface area (Å²) in [5.41, 5.74) is 2.64. The number of nitrogens with zero attached hydrogens (tertiary/aromatic N) is 1. The Bertz CT molecular complexity index is 507. The highest BCUT2D eigenvalue weighted by molar-refractivity contribution is 5.81. The predicted molar refractivity (Wildman–Crippen MR) is 59.9 cm³/mol. The number of carbonyl (C=O) groups is 1. The van der Waals surface area contributed by atoms with Crippen molar-refractivity contribution in [3.63, 3.8) is 0 Å². The van der Waals surface area contributed by atoms with Gasteiger partial charge >= 0.3 is 5.97 Å². The predicted octanol–water partition coefficient (Wildman–Crippen LogP) is 0.996. The first-order valence-corrected chi connectivity index (χ1v) is 4.94. The minimum atomic E-state index is -0.447. The van der Waals surface area contributed by atoms with E-state index in [1.54, 1.807) is 13.4 Å². The molecular formula is C11H13N3O2. The van der Waals surface area contributed by atoms with Crippen LogP contribution in [-0.4, -0.2) is 30.1 Å². The third kappa shape index (κ3) is 1.77. The number of rotatable bonds is 3. The number of ether oxygens (including phenoxy) is 1. The fraction of sp³-hybridized carbons (Fsp3) is 0.273. The first-order chi connectivity index (χ1) is 7.76. The molecule has 0 aliphatic heterocycles. The van der Waals surface area contributed by atoms with Crippen molar-refractivity contribution in [1.82, 2.24) is 15.3 Å². The maximum atomic E-state index is 11.5. The largest absolute Gasteiger partial charge is 0.468 e. The van der Waals surface area contributed by atoms with Crippen molar-refractivity contribution in [2.45, 2.75) is 6.04 Å². The van der Waals surface area contributed by atoms with Gasteiger partial charge in [0.25, 0.3) is 0 Å². The normalized spacial score (nSPS) is 12.6. The van der Waals surface area contributed by atoms with E-state index in [1.807, 2.05) is 18.2 Å². The molecule has 0 bridgehead atoms. The molecule has 0 aliphatic carbocycles. The Hall–Kier alpha value is -1.88. The Kier molecular flexibility index (Phi) is 2.87. The van der Waals surface area contributed by atoms with Crippen LogP contribution in [0.25, 0.3) is 11.0 Å². The molecule has 0 radical (unpaired) electrons. The van der Waals surface area contributed by atoms with Gasteiger partial charge in [0.1, 0.15) is 6.04 Å². The summed E-state index contributed by atoms with van der Waals surface area (Å²) in [5, 5.41) is 2.92. The van der Waals surface area contributed by atoms with Gasteiger partial charge < -0.3 is 15.0 Å². The highest BCUT2D eigenvalue weighted by Crippen LogP contribution is 2.18. The fourth-order valence-electron chi connectivity index (χ4n) is 1.67. The molecule has 1 aromatic carbocycles. The molecule has 1 unspecified atom stereocenters. The van der Waals surface area contributed by atoms with Crippen molar-refractivity contribution in [3.8, 4) is 0 Å². The van der Waals surface area contributed by atoms with Crippen LogP contribution in [0, 0.1) is 0 Å². The van der Waals surface area contributed by atoms with Crippen LogP contribution >= 0.6 is 0 Å². The zero-order valence-corrected chi connectivity index (χ0v) is 9.15. The number of hydrogen-bond donors (Lipinski definition) is 2. The Morgan fingerprint density at radius 3 is 3.06 bits per heavy atom. The van der Waals surface area contributed by atoms with E-state index in [0.717, 1.165) is 16.6 Å². The Labute approximate surface area is 92.8 Å². The zero-order valence-electron chi connectivity index (χ0n) is 9.15. The van der Waals surface area contributed by atoms with E-state index >= 15 is 0 Å². The number of fused-ring (bicyclic) bond motifs is 1. The zero-order chi connectivity index (χ0) is 11.5. The quantitative estimate of drug-likeness (QED) is 0.756. The molecule has 0 amide bonds. The van der Waals surface area contributed by atoms with Gasteiger partial charge in [0.05, 0.1) is 24.5 Å². The molecule has 1 atom stereocenters. The van der Waals surface area contributed by atoms with E-state index in [2.05, 4.69) is 15.3 Å². The maximum absolute atomic E-state index is 11.5. The molecule has 0 fully saturated rings. The minimum absolute atomic E-state index is 0.304. The molecule has 1 heterocycles. The number of aromatic nitrogens is 2. The van der Waals surface area contributed by atoms with Gasteiger partial charge in [-0.25, -0.2) is 9.78 Å². The van der Waals surface area contributed by atoms with Crippen LogP contribution < -0.4 is 5.32 Å². The number of esters is 1. The average Bonchev–Trinajstić information content (AvgIpc) is 2.77. The van der Waals surface area contributed by atoms with Crippen LogP contribution in [-0.2, 0) is 9.53 Å². The summed E-state index contributed by atoms with van der Waals surface area (Å²) < 4.78 is 4.72. The molecule has 16 heavy (non-hydrogen) atoms. The van der Waals surface area contributed by atoms with Crippen LogP contribution in [0.3, 0.4) is 0 Å². The third-order valence-corrected chi connectivity index (χ3v) is 2.50. The van der Waals surface area contributed by atoms with Gasteiger partial charge in [-0.15, -0.1) is 0 Å². The van der Waals surface area contributed by atoms with Crippen molar-refractivity contribution >= 4 is 17.0 Å². The molecule has 5 nitrogen and oxygen atoms in total. The second-order valence-electron chi connectivity index (χ2n) is 3.42. The highest BCUT2D eigenvalue weighted by atomic mass is 16.5. The van der Waals surface area contributed by atoms with Crippen molar-refractivity contribution in [1.29, 1.82) is 0 Å². The van der Waals surface area contributed by atoms with Crippen LogP contribution in [0.1, 0.15) is 11.6 Å². The molecular weight excluding hydrogens is 206 g/mol. The lowest BCUT2D eigenvalue weighted by atomic mass is 10.1. The van der Waals surface area contributed by atoms with E-state index in [0.29, 0.717) is 0 Å². The van der Waals surface area contributed by atoms with E-state index in [9.17, 15) is 4.79 Å². The molecule has 2 rings (SSSR count). The SMILES string of the molecule is CNC(C(=O)OC)c1ccc2nc[nH]c2c1. The van der Waals surface area contributed by atoms with Crippen LogP contribution in [0.4, 0.5) is 0 Å². The Morgan fingerprint density at radius 2 is 2.38 bits per heavy atom. The number of likely N-dealkylation sites (N-methyl/N-ethyl adjacent to an activating group) is 1. The van der Waals surface area contributed by atoms with Crippen molar-refractivity contribution in [3.05, 3.63) is 30.1 Å². The average molecular weight is 219 g/mol. The molecule has 0 aliphatic rings. The van der Waals surface area contributed by atoms with Gasteiger partial charge in [0.2, 0.25) is 0 Å². The number of methoxy groups -OCH3 is 1. The summed E-state index contributed by atoms with van der Waals surface area (Å²) in [5.74, 6) is -0.304. The molecule has 1 aromatic heterocycles. The van der Waals surface area contributed by atoms with Gasteiger partial charge in [-0.2, -0.15) is 0 Å². The number of imidazole rings is 1. The second-order valence-corrected chi connectivity index (χ2v) is 3.42. The summed E-state index contributed by atoms with van der Waals surface area (Å²) in [6.07, 6.45) is 1.63. The maximum Gasteiger partial charge on any atom is 0.327 e. The van der Waals surface area contributed by atoms with Crippen molar-refractivity contribution in [2.24, 2.45) is 0 Å². The van der Waals surface area contributed by atoms with E-state index in [4.69, 9.17) is 4.74 Å². The number of nitrogens with one attached hydrogen (secondary N) is 2. The first kappa shape index (κ1) is 10.6. The number of carbonyl (C=O) groups excluding carboxylic acids is 1. The smallest absolute Gasteiger partial charge is 0.327 e. The highest BCUT2D eigenvalue weighted by Gasteiger charge is 2.19. The second kappa shape index (κ2) is 4.32. The van der Waals surface area contributed by atoms with Crippen LogP contribution in [0.5, 0.6) is 0 Å². The minimum Gasteiger partial charge on any atom is -0.468 e. The first-order valence-electron chi connectivity index (χ1n) is 4.94. The molecule has 84 valence electrons. The standard InChI is InChI=1S/C11H13N3O2/c1-12-10(11(15)16-2)7-3-4-8-9(5-7)14-6-13-8/h3-6,10,12H,1-2H3,(H,13,14). The van der Waals surface area contributed by atoms with Crippen molar-refractivity contribution < 1.29 is 9.53 Å². The lowest BCUT2D eigenvalue weighted by molar-refractivity contribution is -0.143. The topological polar surface area (TPSA) is 67.0 Å². The number of H-pyrrole nitrogens is 1. The number of hydrogen-bond acceptors (Lipinski definition) is 4.